The molecule has 2 unspecified atom stereocenters. The van der Waals surface area contributed by atoms with Gasteiger partial charge >= 0.3 is 0 Å². The summed E-state index contributed by atoms with van der Waals surface area (Å²) in [6, 6.07) is 12.0. The van der Waals surface area contributed by atoms with Crippen molar-refractivity contribution in [2.75, 3.05) is 5.32 Å². The summed E-state index contributed by atoms with van der Waals surface area (Å²) in [7, 11) is 0. The van der Waals surface area contributed by atoms with Gasteiger partial charge in [0.2, 0.25) is 5.91 Å². The van der Waals surface area contributed by atoms with Crippen LogP contribution in [0.25, 0.3) is 11.4 Å². The molecule has 0 saturated carbocycles. The van der Waals surface area contributed by atoms with E-state index in [0.29, 0.717) is 5.82 Å². The Hall–Kier alpha value is -2.12. The number of aromatic nitrogens is 3. The zero-order chi connectivity index (χ0) is 18.3. The molecule has 1 aromatic carbocycles. The number of thioether (sulfide) groups is 1. The van der Waals surface area contributed by atoms with E-state index in [2.05, 4.69) is 55.5 Å². The number of aromatic amines is 1. The Morgan fingerprint density at radius 3 is 2.81 bits per heavy atom. The van der Waals surface area contributed by atoms with E-state index in [-0.39, 0.29) is 16.4 Å². The first-order valence-electron chi connectivity index (χ1n) is 8.26. The first kappa shape index (κ1) is 17.3. The summed E-state index contributed by atoms with van der Waals surface area (Å²) in [5.41, 5.74) is 4.86. The van der Waals surface area contributed by atoms with E-state index in [9.17, 15) is 4.79 Å². The summed E-state index contributed by atoms with van der Waals surface area (Å²) in [5, 5.41) is 10.2. The highest BCUT2D eigenvalue weighted by Crippen LogP contribution is 2.47. The molecule has 0 bridgehead atoms. The number of fused-ring (bicyclic) bond motifs is 1. The lowest BCUT2D eigenvalue weighted by molar-refractivity contribution is -0.115. The van der Waals surface area contributed by atoms with E-state index in [4.69, 9.17) is 0 Å². The maximum absolute atomic E-state index is 12.4. The van der Waals surface area contributed by atoms with E-state index in [1.165, 1.54) is 5.56 Å². The van der Waals surface area contributed by atoms with Gasteiger partial charge in [-0.15, -0.1) is 11.8 Å². The minimum Gasteiger partial charge on any atom is -0.310 e. The normalized spacial score (nSPS) is 19.6. The average molecular weight is 429 g/mol. The van der Waals surface area contributed by atoms with Crippen LogP contribution in [0.4, 0.5) is 5.82 Å². The number of hydrogen-bond acceptors (Lipinski definition) is 4. The van der Waals surface area contributed by atoms with Crippen LogP contribution in [0, 0.1) is 6.92 Å². The van der Waals surface area contributed by atoms with Crippen LogP contribution < -0.4 is 5.32 Å². The van der Waals surface area contributed by atoms with E-state index in [1.807, 2.05) is 31.2 Å². The van der Waals surface area contributed by atoms with Crippen molar-refractivity contribution in [3.8, 4) is 11.4 Å². The Morgan fingerprint density at radius 2 is 2.08 bits per heavy atom. The van der Waals surface area contributed by atoms with E-state index in [1.54, 1.807) is 18.0 Å². The minimum atomic E-state index is -0.180. The monoisotopic (exact) mass is 428 g/mol. The fourth-order valence-corrected chi connectivity index (χ4v) is 4.96. The number of rotatable bonds is 2. The third-order valence-corrected chi connectivity index (χ3v) is 6.32. The molecule has 0 spiro atoms. The quantitative estimate of drug-likeness (QED) is 0.619. The predicted molar refractivity (Wildman–Crippen MR) is 108 cm³/mol. The Balaban J connectivity index is 1.92. The number of H-pyrrole nitrogens is 1. The van der Waals surface area contributed by atoms with Crippen LogP contribution in [0.5, 0.6) is 0 Å². The summed E-state index contributed by atoms with van der Waals surface area (Å²) >= 11 is 5.16. The van der Waals surface area contributed by atoms with E-state index in [0.717, 1.165) is 27.0 Å². The molecule has 1 amide bonds. The Bertz CT molecular complexity index is 973. The number of anilines is 1. The van der Waals surface area contributed by atoms with E-state index < -0.39 is 0 Å². The molecule has 0 saturated heterocycles. The van der Waals surface area contributed by atoms with E-state index >= 15 is 0 Å². The molecule has 2 atom stereocenters. The fraction of sp³-hybridized carbons (Fsp3) is 0.211. The first-order valence-corrected chi connectivity index (χ1v) is 10.00. The number of benzene rings is 1. The number of aryl methyl sites for hydroxylation is 1. The van der Waals surface area contributed by atoms with Crippen LogP contribution >= 0.6 is 27.7 Å². The molecule has 0 aliphatic carbocycles. The number of amides is 1. The Labute approximate surface area is 164 Å². The molecule has 5 nitrogen and oxygen atoms in total. The van der Waals surface area contributed by atoms with Crippen LogP contribution in [0.2, 0.25) is 0 Å². The molecule has 26 heavy (non-hydrogen) atoms. The van der Waals surface area contributed by atoms with Crippen molar-refractivity contribution >= 4 is 39.4 Å². The molecular formula is C19H17BrN4OS. The molecule has 2 aromatic heterocycles. The van der Waals surface area contributed by atoms with Crippen LogP contribution in [0.15, 0.2) is 47.1 Å². The maximum atomic E-state index is 12.4. The van der Waals surface area contributed by atoms with Gasteiger partial charge in [0.1, 0.15) is 11.5 Å². The van der Waals surface area contributed by atoms with Gasteiger partial charge in [0.15, 0.2) is 0 Å². The highest BCUT2D eigenvalue weighted by atomic mass is 79.9. The number of halogens is 1. The third kappa shape index (κ3) is 3.05. The van der Waals surface area contributed by atoms with Crippen LogP contribution in [0.1, 0.15) is 28.9 Å². The van der Waals surface area contributed by atoms with Gasteiger partial charge in [-0.25, -0.2) is 0 Å². The van der Waals surface area contributed by atoms with Gasteiger partial charge in [-0.1, -0.05) is 28.1 Å². The number of nitrogens with one attached hydrogen (secondary N) is 2. The standard InChI is InChI=1S/C19H17BrN4OS/c1-10-9-12(20)6-7-13(10)17-15-16(14-5-3-4-8-21-14)23-24-18(15)22-19(25)11(2)26-17/h3-9,11,17H,1-2H3,(H2,22,23,24,25). The fourth-order valence-electron chi connectivity index (χ4n) is 3.12. The maximum Gasteiger partial charge on any atom is 0.238 e. The smallest absolute Gasteiger partial charge is 0.238 e. The number of nitrogens with zero attached hydrogens (tertiary/aromatic N) is 2. The minimum absolute atomic E-state index is 0.0234. The zero-order valence-electron chi connectivity index (χ0n) is 14.3. The number of pyridine rings is 1. The van der Waals surface area contributed by atoms with Crippen LogP contribution in [0.3, 0.4) is 0 Å². The molecule has 3 aromatic rings. The van der Waals surface area contributed by atoms with Gasteiger partial charge < -0.3 is 5.32 Å². The summed E-state index contributed by atoms with van der Waals surface area (Å²) in [6.45, 7) is 4.02. The molecule has 3 heterocycles. The van der Waals surface area contributed by atoms with Gasteiger partial charge in [-0.3, -0.25) is 14.9 Å². The molecule has 0 radical (unpaired) electrons. The molecule has 7 heteroatoms. The Kier molecular flexibility index (Phi) is 4.58. The van der Waals surface area contributed by atoms with Crippen molar-refractivity contribution in [3.63, 3.8) is 0 Å². The lowest BCUT2D eigenvalue weighted by atomic mass is 9.98. The van der Waals surface area contributed by atoms with Gasteiger partial charge in [-0.2, -0.15) is 5.10 Å². The Morgan fingerprint density at radius 1 is 1.23 bits per heavy atom. The van der Waals surface area contributed by atoms with Gasteiger partial charge in [0.05, 0.1) is 16.2 Å². The molecule has 0 fully saturated rings. The number of hydrogen-bond donors (Lipinski definition) is 2. The molecule has 1 aliphatic heterocycles. The molecule has 2 N–H and O–H groups in total. The molecular weight excluding hydrogens is 412 g/mol. The summed E-state index contributed by atoms with van der Waals surface area (Å²) in [4.78, 5) is 16.9. The average Bonchev–Trinajstić information content (AvgIpc) is 2.99. The second kappa shape index (κ2) is 6.89. The van der Waals surface area contributed by atoms with Crippen molar-refractivity contribution in [2.24, 2.45) is 0 Å². The molecule has 1 aliphatic rings. The lowest BCUT2D eigenvalue weighted by Crippen LogP contribution is -2.21. The number of carbonyl (C=O) groups is 1. The van der Waals surface area contributed by atoms with Crippen molar-refractivity contribution in [2.45, 2.75) is 24.3 Å². The summed E-state index contributed by atoms with van der Waals surface area (Å²) < 4.78 is 1.04. The van der Waals surface area contributed by atoms with Crippen molar-refractivity contribution < 1.29 is 4.79 Å². The van der Waals surface area contributed by atoms with Crippen molar-refractivity contribution in [3.05, 3.63) is 63.8 Å². The molecule has 4 rings (SSSR count). The van der Waals surface area contributed by atoms with Crippen molar-refractivity contribution in [1.82, 2.24) is 15.2 Å². The largest absolute Gasteiger partial charge is 0.310 e. The summed E-state index contributed by atoms with van der Waals surface area (Å²) in [5.74, 6) is 0.629. The lowest BCUT2D eigenvalue weighted by Gasteiger charge is -2.20. The third-order valence-electron chi connectivity index (χ3n) is 4.45. The number of carbonyl (C=O) groups excluding carboxylic acids is 1. The topological polar surface area (TPSA) is 70.7 Å². The highest BCUT2D eigenvalue weighted by Gasteiger charge is 2.34. The second-order valence-electron chi connectivity index (χ2n) is 6.22. The van der Waals surface area contributed by atoms with Crippen LogP contribution in [-0.2, 0) is 4.79 Å². The first-order chi connectivity index (χ1) is 12.5. The van der Waals surface area contributed by atoms with Gasteiger partial charge in [-0.05, 0) is 49.2 Å². The SMILES string of the molecule is Cc1cc(Br)ccc1C1SC(C)C(=O)Nc2[nH]nc(-c3ccccn3)c21. The van der Waals surface area contributed by atoms with Crippen molar-refractivity contribution in [1.29, 1.82) is 0 Å². The summed E-state index contributed by atoms with van der Waals surface area (Å²) in [6.07, 6.45) is 1.75. The second-order valence-corrected chi connectivity index (χ2v) is 8.59. The molecule has 132 valence electrons. The van der Waals surface area contributed by atoms with Gasteiger partial charge in [0.25, 0.3) is 0 Å². The highest BCUT2D eigenvalue weighted by molar-refractivity contribution is 9.10. The van der Waals surface area contributed by atoms with Crippen LogP contribution in [-0.4, -0.2) is 26.3 Å². The predicted octanol–water partition coefficient (Wildman–Crippen LogP) is 4.71. The van der Waals surface area contributed by atoms with Gasteiger partial charge in [0, 0.05) is 16.2 Å². The zero-order valence-corrected chi connectivity index (χ0v) is 16.7.